The molecule has 0 spiro atoms. The van der Waals surface area contributed by atoms with Crippen molar-refractivity contribution in [2.45, 2.75) is 32.2 Å². The maximum absolute atomic E-state index is 13.0. The van der Waals surface area contributed by atoms with Crippen molar-refractivity contribution in [1.29, 1.82) is 0 Å². The first-order valence-corrected chi connectivity index (χ1v) is 12.0. The molecular weight excluding hydrogens is 398 g/mol. The van der Waals surface area contributed by atoms with Gasteiger partial charge in [0, 0.05) is 44.8 Å². The maximum Gasteiger partial charge on any atom is 0.253 e. The molecule has 1 heterocycles. The van der Waals surface area contributed by atoms with E-state index in [1.54, 1.807) is 36.4 Å². The van der Waals surface area contributed by atoms with Crippen molar-refractivity contribution in [1.82, 2.24) is 14.1 Å². The lowest BCUT2D eigenvalue weighted by Gasteiger charge is -2.34. The number of carbonyl (C=O) groups is 1. The van der Waals surface area contributed by atoms with E-state index in [1.807, 2.05) is 30.9 Å². The summed E-state index contributed by atoms with van der Waals surface area (Å²) in [5.74, 6) is 0.0388. The molecule has 162 valence electrons. The normalized spacial score (nSPS) is 15.5. The quantitative estimate of drug-likeness (QED) is 0.679. The largest absolute Gasteiger partial charge is 0.336 e. The zero-order chi connectivity index (χ0) is 21.7. The van der Waals surface area contributed by atoms with E-state index in [0.717, 1.165) is 43.9 Å². The van der Waals surface area contributed by atoms with Crippen LogP contribution in [0.4, 0.5) is 0 Å². The summed E-state index contributed by atoms with van der Waals surface area (Å²) in [7, 11) is -3.56. The second kappa shape index (κ2) is 9.73. The second-order valence-corrected chi connectivity index (χ2v) is 9.61. The van der Waals surface area contributed by atoms with Crippen LogP contribution in [0.1, 0.15) is 35.3 Å². The minimum absolute atomic E-state index is 0.0388. The fourth-order valence-electron chi connectivity index (χ4n) is 3.63. The molecule has 0 aliphatic carbocycles. The van der Waals surface area contributed by atoms with E-state index >= 15 is 0 Å². The molecule has 0 atom stereocenters. The Bertz CT molecular complexity index is 948. The van der Waals surface area contributed by atoms with Gasteiger partial charge in [0.15, 0.2) is 0 Å². The van der Waals surface area contributed by atoms with Gasteiger partial charge in [0.25, 0.3) is 5.91 Å². The third kappa shape index (κ3) is 5.09. The summed E-state index contributed by atoms with van der Waals surface area (Å²) in [5.41, 5.74) is 2.53. The highest BCUT2D eigenvalue weighted by Crippen LogP contribution is 2.19. The standard InChI is InChI=1S/C23H31N3O3S/c1-4-24-14-16-25(17-15-24)23(27)21-10-8-20(9-11-21)18-26(5-2)30(28,29)22-12-6-19(3)7-13-22/h6-13H,4-5,14-18H2,1-3H3. The Hall–Kier alpha value is -2.22. The van der Waals surface area contributed by atoms with E-state index < -0.39 is 10.0 Å². The van der Waals surface area contributed by atoms with Crippen molar-refractivity contribution in [3.8, 4) is 0 Å². The van der Waals surface area contributed by atoms with Crippen molar-refractivity contribution in [2.24, 2.45) is 0 Å². The Kier molecular flexibility index (Phi) is 7.28. The zero-order valence-corrected chi connectivity index (χ0v) is 18.9. The number of sulfonamides is 1. The predicted octanol–water partition coefficient (Wildman–Crippen LogP) is 2.98. The van der Waals surface area contributed by atoms with Crippen LogP contribution in [0.25, 0.3) is 0 Å². The smallest absolute Gasteiger partial charge is 0.253 e. The van der Waals surface area contributed by atoms with Crippen LogP contribution in [0.5, 0.6) is 0 Å². The Morgan fingerprint density at radius 3 is 2.07 bits per heavy atom. The van der Waals surface area contributed by atoms with Crippen LogP contribution in [0.3, 0.4) is 0 Å². The van der Waals surface area contributed by atoms with Crippen molar-refractivity contribution in [3.63, 3.8) is 0 Å². The highest BCUT2D eigenvalue weighted by molar-refractivity contribution is 7.89. The lowest BCUT2D eigenvalue weighted by atomic mass is 10.1. The Morgan fingerprint density at radius 2 is 1.53 bits per heavy atom. The Labute approximate surface area is 180 Å². The molecule has 1 aliphatic rings. The van der Waals surface area contributed by atoms with Gasteiger partial charge in [-0.2, -0.15) is 4.31 Å². The SMILES string of the molecule is CCN1CCN(C(=O)c2ccc(CN(CC)S(=O)(=O)c3ccc(C)cc3)cc2)CC1. The number of hydrogen-bond donors (Lipinski definition) is 0. The maximum atomic E-state index is 13.0. The van der Waals surface area contributed by atoms with Gasteiger partial charge in [-0.05, 0) is 43.3 Å². The van der Waals surface area contributed by atoms with E-state index in [-0.39, 0.29) is 12.5 Å². The molecule has 3 rings (SSSR count). The molecule has 2 aromatic carbocycles. The first-order valence-electron chi connectivity index (χ1n) is 10.5. The lowest BCUT2D eigenvalue weighted by Crippen LogP contribution is -2.48. The van der Waals surface area contributed by atoms with Crippen molar-refractivity contribution in [2.75, 3.05) is 39.3 Å². The van der Waals surface area contributed by atoms with Gasteiger partial charge in [-0.1, -0.05) is 43.7 Å². The van der Waals surface area contributed by atoms with Crippen molar-refractivity contribution in [3.05, 3.63) is 65.2 Å². The number of aryl methyl sites for hydroxylation is 1. The van der Waals surface area contributed by atoms with E-state index in [4.69, 9.17) is 0 Å². The molecule has 7 heteroatoms. The number of hydrogen-bond acceptors (Lipinski definition) is 4. The number of rotatable bonds is 7. The van der Waals surface area contributed by atoms with Crippen LogP contribution in [0, 0.1) is 6.92 Å². The molecule has 1 aliphatic heterocycles. The summed E-state index contributed by atoms with van der Waals surface area (Å²) in [6, 6.07) is 14.2. The van der Waals surface area contributed by atoms with Gasteiger partial charge in [0.05, 0.1) is 4.90 Å². The first-order chi connectivity index (χ1) is 14.3. The number of likely N-dealkylation sites (N-methyl/N-ethyl adjacent to an activating group) is 1. The van der Waals surface area contributed by atoms with E-state index in [9.17, 15) is 13.2 Å². The van der Waals surface area contributed by atoms with Crippen molar-refractivity contribution < 1.29 is 13.2 Å². The van der Waals surface area contributed by atoms with E-state index in [2.05, 4.69) is 11.8 Å². The van der Waals surface area contributed by atoms with Crippen LogP contribution < -0.4 is 0 Å². The van der Waals surface area contributed by atoms with Crippen LogP contribution in [0.15, 0.2) is 53.4 Å². The molecule has 6 nitrogen and oxygen atoms in total. The first kappa shape index (κ1) is 22.5. The van der Waals surface area contributed by atoms with Gasteiger partial charge in [-0.15, -0.1) is 0 Å². The summed E-state index contributed by atoms with van der Waals surface area (Å²) in [4.78, 5) is 17.3. The molecule has 1 saturated heterocycles. The second-order valence-electron chi connectivity index (χ2n) is 7.67. The monoisotopic (exact) mass is 429 g/mol. The number of nitrogens with zero attached hydrogens (tertiary/aromatic N) is 3. The fourth-order valence-corrected chi connectivity index (χ4v) is 5.07. The zero-order valence-electron chi connectivity index (χ0n) is 18.0. The summed E-state index contributed by atoms with van der Waals surface area (Å²) in [6.45, 7) is 10.9. The number of benzene rings is 2. The molecular formula is C23H31N3O3S. The molecule has 0 N–H and O–H groups in total. The highest BCUT2D eigenvalue weighted by atomic mass is 32.2. The summed E-state index contributed by atoms with van der Waals surface area (Å²) in [6.07, 6.45) is 0. The molecule has 1 amide bonds. The van der Waals surface area contributed by atoms with Gasteiger partial charge in [0.1, 0.15) is 0 Å². The summed E-state index contributed by atoms with van der Waals surface area (Å²) >= 11 is 0. The van der Waals surface area contributed by atoms with E-state index in [1.165, 1.54) is 4.31 Å². The lowest BCUT2D eigenvalue weighted by molar-refractivity contribution is 0.0643. The molecule has 0 saturated carbocycles. The molecule has 0 aromatic heterocycles. The predicted molar refractivity (Wildman–Crippen MR) is 119 cm³/mol. The Balaban J connectivity index is 1.68. The van der Waals surface area contributed by atoms with Gasteiger partial charge in [0.2, 0.25) is 10.0 Å². The Morgan fingerprint density at radius 1 is 0.933 bits per heavy atom. The summed E-state index contributed by atoms with van der Waals surface area (Å²) in [5, 5.41) is 0. The number of piperazine rings is 1. The van der Waals surface area contributed by atoms with Crippen molar-refractivity contribution >= 4 is 15.9 Å². The van der Waals surface area contributed by atoms with E-state index in [0.29, 0.717) is 17.0 Å². The molecule has 0 unspecified atom stereocenters. The topological polar surface area (TPSA) is 60.9 Å². The van der Waals surface area contributed by atoms with Crippen LogP contribution in [0.2, 0.25) is 0 Å². The van der Waals surface area contributed by atoms with Gasteiger partial charge < -0.3 is 9.80 Å². The van der Waals surface area contributed by atoms with Crippen LogP contribution in [-0.2, 0) is 16.6 Å². The molecule has 1 fully saturated rings. The molecule has 2 aromatic rings. The van der Waals surface area contributed by atoms with Gasteiger partial charge >= 0.3 is 0 Å². The van der Waals surface area contributed by atoms with Crippen LogP contribution in [-0.4, -0.2) is 67.7 Å². The molecule has 0 bridgehead atoms. The fraction of sp³-hybridized carbons (Fsp3) is 0.435. The average Bonchev–Trinajstić information content (AvgIpc) is 2.77. The third-order valence-corrected chi connectivity index (χ3v) is 7.61. The highest BCUT2D eigenvalue weighted by Gasteiger charge is 2.24. The summed E-state index contributed by atoms with van der Waals surface area (Å²) < 4.78 is 27.4. The number of carbonyl (C=O) groups excluding carboxylic acids is 1. The number of amides is 1. The minimum atomic E-state index is -3.56. The minimum Gasteiger partial charge on any atom is -0.336 e. The third-order valence-electron chi connectivity index (χ3n) is 5.68. The van der Waals surface area contributed by atoms with Crippen LogP contribution >= 0.6 is 0 Å². The van der Waals surface area contributed by atoms with Gasteiger partial charge in [-0.3, -0.25) is 4.79 Å². The molecule has 30 heavy (non-hydrogen) atoms. The molecule has 0 radical (unpaired) electrons. The average molecular weight is 430 g/mol. The van der Waals surface area contributed by atoms with Gasteiger partial charge in [-0.25, -0.2) is 8.42 Å².